The molecule has 34 heavy (non-hydrogen) atoms. The van der Waals surface area contributed by atoms with Crippen LogP contribution in [0.1, 0.15) is 98.5 Å². The number of hydrogen-bond donors (Lipinski definition) is 1. The van der Waals surface area contributed by atoms with E-state index < -0.39 is 5.97 Å². The van der Waals surface area contributed by atoms with Crippen molar-refractivity contribution < 1.29 is 24.2 Å². The number of anilines is 1. The van der Waals surface area contributed by atoms with Crippen molar-refractivity contribution in [2.24, 2.45) is 11.8 Å². The first-order chi connectivity index (χ1) is 16.5. The molecular formula is C27H39NO5S. The maximum Gasteiger partial charge on any atom is 0.348 e. The Balaban J connectivity index is 1.64. The van der Waals surface area contributed by atoms with E-state index in [0.717, 1.165) is 75.5 Å². The second kappa shape index (κ2) is 11.8. The predicted molar refractivity (Wildman–Crippen MR) is 135 cm³/mol. The van der Waals surface area contributed by atoms with Gasteiger partial charge in [-0.25, -0.2) is 4.79 Å². The third kappa shape index (κ3) is 5.92. The van der Waals surface area contributed by atoms with Crippen LogP contribution < -0.4 is 4.90 Å². The van der Waals surface area contributed by atoms with Gasteiger partial charge in [-0.15, -0.1) is 11.3 Å². The van der Waals surface area contributed by atoms with E-state index in [0.29, 0.717) is 16.5 Å². The van der Waals surface area contributed by atoms with Crippen LogP contribution in [0.25, 0.3) is 5.57 Å². The number of carboxylic acid groups (broad SMARTS) is 1. The van der Waals surface area contributed by atoms with E-state index in [-0.39, 0.29) is 30.8 Å². The molecule has 0 atom stereocenters. The SMILES string of the molecule is COCO[C@H]1CC[C@H](N(c2cc(C3=CCCCC3)sc2C(=O)O)C(=O)[C@H]2CC[C@H](C)CC2)CC1. The molecule has 3 aliphatic rings. The second-order valence-electron chi connectivity index (χ2n) is 10.3. The van der Waals surface area contributed by atoms with Gasteiger partial charge >= 0.3 is 5.97 Å². The zero-order chi connectivity index (χ0) is 24.1. The zero-order valence-electron chi connectivity index (χ0n) is 20.6. The highest BCUT2D eigenvalue weighted by atomic mass is 32.1. The van der Waals surface area contributed by atoms with Crippen molar-refractivity contribution in [3.63, 3.8) is 0 Å². The third-order valence-electron chi connectivity index (χ3n) is 7.81. The fraction of sp³-hybridized carbons (Fsp3) is 0.704. The Morgan fingerprint density at radius 3 is 2.44 bits per heavy atom. The molecule has 0 unspecified atom stereocenters. The fourth-order valence-corrected chi connectivity index (χ4v) is 6.82. The summed E-state index contributed by atoms with van der Waals surface area (Å²) in [5.74, 6) is -0.170. The van der Waals surface area contributed by atoms with Crippen LogP contribution in [0.2, 0.25) is 0 Å². The first-order valence-electron chi connectivity index (χ1n) is 13.0. The van der Waals surface area contributed by atoms with E-state index in [9.17, 15) is 14.7 Å². The highest BCUT2D eigenvalue weighted by Crippen LogP contribution is 2.42. The van der Waals surface area contributed by atoms with Crippen LogP contribution in [-0.4, -0.2) is 43.0 Å². The number of carbonyl (C=O) groups excluding carboxylic acids is 1. The van der Waals surface area contributed by atoms with Crippen molar-refractivity contribution in [2.75, 3.05) is 18.8 Å². The fourth-order valence-electron chi connectivity index (χ4n) is 5.77. The number of carboxylic acids is 1. The van der Waals surface area contributed by atoms with Gasteiger partial charge in [-0.1, -0.05) is 13.0 Å². The molecule has 6 nitrogen and oxygen atoms in total. The Hall–Kier alpha value is -1.70. The van der Waals surface area contributed by atoms with Gasteiger partial charge in [0.2, 0.25) is 5.91 Å². The summed E-state index contributed by atoms with van der Waals surface area (Å²) in [6.45, 7) is 2.54. The molecule has 0 saturated heterocycles. The van der Waals surface area contributed by atoms with Gasteiger partial charge in [0.25, 0.3) is 0 Å². The lowest BCUT2D eigenvalue weighted by Crippen LogP contribution is -2.47. The minimum absolute atomic E-state index is 0.00938. The number of nitrogens with zero attached hydrogens (tertiary/aromatic N) is 1. The lowest BCUT2D eigenvalue weighted by Gasteiger charge is -2.39. The lowest BCUT2D eigenvalue weighted by atomic mass is 9.81. The molecule has 1 heterocycles. The minimum atomic E-state index is -0.935. The lowest BCUT2D eigenvalue weighted by molar-refractivity contribution is -0.124. The Morgan fingerprint density at radius 1 is 1.09 bits per heavy atom. The number of hydrogen-bond acceptors (Lipinski definition) is 5. The van der Waals surface area contributed by atoms with Crippen LogP contribution in [0.4, 0.5) is 5.69 Å². The highest BCUT2D eigenvalue weighted by molar-refractivity contribution is 7.15. The van der Waals surface area contributed by atoms with Crippen LogP contribution in [0.15, 0.2) is 12.1 Å². The van der Waals surface area contributed by atoms with Gasteiger partial charge in [0.05, 0.1) is 11.8 Å². The summed E-state index contributed by atoms with van der Waals surface area (Å²) in [5, 5.41) is 10.1. The zero-order valence-corrected chi connectivity index (χ0v) is 21.4. The number of rotatable bonds is 8. The van der Waals surface area contributed by atoms with E-state index in [4.69, 9.17) is 9.47 Å². The third-order valence-corrected chi connectivity index (χ3v) is 8.99. The summed E-state index contributed by atoms with van der Waals surface area (Å²) in [5.41, 5.74) is 1.85. The van der Waals surface area contributed by atoms with Crippen molar-refractivity contribution in [1.29, 1.82) is 0 Å². The topological polar surface area (TPSA) is 76.1 Å². The molecule has 1 aromatic rings. The molecule has 1 N–H and O–H groups in total. The van der Waals surface area contributed by atoms with Crippen LogP contribution in [-0.2, 0) is 14.3 Å². The number of amides is 1. The van der Waals surface area contributed by atoms with Gasteiger partial charge in [-0.05, 0) is 94.6 Å². The quantitative estimate of drug-likeness (QED) is 0.422. The van der Waals surface area contributed by atoms with Crippen molar-refractivity contribution >= 4 is 34.5 Å². The number of carbonyl (C=O) groups is 2. The normalized spacial score (nSPS) is 27.8. The average Bonchev–Trinajstić information content (AvgIpc) is 3.30. The van der Waals surface area contributed by atoms with Crippen LogP contribution in [0, 0.1) is 11.8 Å². The van der Waals surface area contributed by atoms with Gasteiger partial charge in [-0.2, -0.15) is 0 Å². The number of allylic oxidation sites excluding steroid dienone is 2. The number of aromatic carboxylic acids is 1. The molecule has 2 saturated carbocycles. The standard InChI is InChI=1S/C27H39NO5S/c1-18-8-10-20(11-9-18)26(29)28(21-12-14-22(15-13-21)33-17-32-2)23-16-24(34-25(23)27(30)31)19-6-4-3-5-7-19/h6,16,18,20-22H,3-5,7-15,17H2,1-2H3,(H,30,31)/t18-,20-,21-,22-. The number of methoxy groups -OCH3 is 1. The van der Waals surface area contributed by atoms with Gasteiger partial charge in [-0.3, -0.25) is 4.79 Å². The van der Waals surface area contributed by atoms with E-state index >= 15 is 0 Å². The van der Waals surface area contributed by atoms with E-state index in [1.165, 1.54) is 23.3 Å². The molecular weight excluding hydrogens is 450 g/mol. The second-order valence-corrected chi connectivity index (χ2v) is 11.3. The largest absolute Gasteiger partial charge is 0.477 e. The van der Waals surface area contributed by atoms with Gasteiger partial charge < -0.3 is 19.5 Å². The number of thiophene rings is 1. The van der Waals surface area contributed by atoms with Gasteiger partial charge in [0, 0.05) is 23.9 Å². The molecule has 188 valence electrons. The van der Waals surface area contributed by atoms with Crippen molar-refractivity contribution in [3.8, 4) is 0 Å². The summed E-state index contributed by atoms with van der Waals surface area (Å²) >= 11 is 1.34. The van der Waals surface area contributed by atoms with Gasteiger partial charge in [0.1, 0.15) is 11.7 Å². The first kappa shape index (κ1) is 25.4. The van der Waals surface area contributed by atoms with E-state index in [1.54, 1.807) is 7.11 Å². The van der Waals surface area contributed by atoms with E-state index in [1.807, 2.05) is 11.0 Å². The Labute approximate surface area is 207 Å². The van der Waals surface area contributed by atoms with Crippen LogP contribution in [0.5, 0.6) is 0 Å². The summed E-state index contributed by atoms with van der Waals surface area (Å²) in [7, 11) is 1.63. The Kier molecular flexibility index (Phi) is 8.83. The summed E-state index contributed by atoms with van der Waals surface area (Å²) in [6, 6.07) is 2.01. The Bertz CT molecular complexity index is 878. The molecule has 0 aromatic carbocycles. The molecule has 4 rings (SSSR count). The van der Waals surface area contributed by atoms with Crippen LogP contribution in [0.3, 0.4) is 0 Å². The molecule has 2 fully saturated rings. The maximum atomic E-state index is 14.0. The smallest absolute Gasteiger partial charge is 0.348 e. The van der Waals surface area contributed by atoms with E-state index in [2.05, 4.69) is 13.0 Å². The predicted octanol–water partition coefficient (Wildman–Crippen LogP) is 6.49. The molecule has 0 aliphatic heterocycles. The van der Waals surface area contributed by atoms with Crippen LogP contribution >= 0.6 is 11.3 Å². The van der Waals surface area contributed by atoms with Crippen molar-refractivity contribution in [1.82, 2.24) is 0 Å². The van der Waals surface area contributed by atoms with Crippen molar-refractivity contribution in [2.45, 2.75) is 96.1 Å². The molecule has 1 amide bonds. The monoisotopic (exact) mass is 489 g/mol. The summed E-state index contributed by atoms with van der Waals surface area (Å²) in [4.78, 5) is 29.5. The maximum absolute atomic E-state index is 14.0. The molecule has 1 aromatic heterocycles. The summed E-state index contributed by atoms with van der Waals surface area (Å²) in [6.07, 6.45) is 14.0. The Morgan fingerprint density at radius 2 is 1.82 bits per heavy atom. The van der Waals surface area contributed by atoms with Gasteiger partial charge in [0.15, 0.2) is 0 Å². The number of ether oxygens (including phenoxy) is 2. The molecule has 0 spiro atoms. The highest BCUT2D eigenvalue weighted by Gasteiger charge is 2.37. The molecule has 7 heteroatoms. The summed E-state index contributed by atoms with van der Waals surface area (Å²) < 4.78 is 10.8. The molecule has 3 aliphatic carbocycles. The average molecular weight is 490 g/mol. The molecule has 0 bridgehead atoms. The first-order valence-corrected chi connectivity index (χ1v) is 13.8. The minimum Gasteiger partial charge on any atom is -0.477 e. The van der Waals surface area contributed by atoms with Crippen molar-refractivity contribution in [3.05, 3.63) is 21.9 Å². The molecule has 0 radical (unpaired) electrons.